The van der Waals surface area contributed by atoms with Crippen LogP contribution in [0.3, 0.4) is 0 Å². The van der Waals surface area contributed by atoms with Crippen LogP contribution in [-0.4, -0.2) is 40.3 Å². The van der Waals surface area contributed by atoms with E-state index in [0.717, 1.165) is 67.4 Å². The fourth-order valence-electron chi connectivity index (χ4n) is 5.17. The Bertz CT molecular complexity index is 1150. The van der Waals surface area contributed by atoms with Gasteiger partial charge in [-0.1, -0.05) is 48.0 Å². The average molecular weight is 460 g/mol. The number of piperidine rings is 1. The van der Waals surface area contributed by atoms with E-state index in [0.29, 0.717) is 12.5 Å². The molecule has 1 fully saturated rings. The quantitative estimate of drug-likeness (QED) is 0.508. The van der Waals surface area contributed by atoms with Crippen LogP contribution in [0.15, 0.2) is 60.7 Å². The smallest absolute Gasteiger partial charge is 0.256 e. The summed E-state index contributed by atoms with van der Waals surface area (Å²) in [5, 5.41) is 0.787. The highest BCUT2D eigenvalue weighted by Crippen LogP contribution is 2.31. The number of amides is 1. The van der Waals surface area contributed by atoms with E-state index in [2.05, 4.69) is 35.2 Å². The number of nitrogens with zero attached hydrogens (tertiary/aromatic N) is 3. The first kappa shape index (κ1) is 22.1. The van der Waals surface area contributed by atoms with Crippen molar-refractivity contribution < 1.29 is 4.79 Å². The van der Waals surface area contributed by atoms with E-state index in [1.807, 2.05) is 42.2 Å². The van der Waals surface area contributed by atoms with Crippen molar-refractivity contribution in [2.45, 2.75) is 45.2 Å². The number of carbonyl (C=O) groups excluding carboxylic acids is 1. The molecule has 0 atom stereocenters. The lowest BCUT2D eigenvalue weighted by atomic mass is 9.89. The molecule has 2 aliphatic rings. The van der Waals surface area contributed by atoms with Gasteiger partial charge in [-0.3, -0.25) is 14.7 Å². The van der Waals surface area contributed by atoms with E-state index in [1.54, 1.807) is 0 Å². The van der Waals surface area contributed by atoms with Gasteiger partial charge >= 0.3 is 0 Å². The van der Waals surface area contributed by atoms with Crippen molar-refractivity contribution in [2.75, 3.05) is 19.6 Å². The van der Waals surface area contributed by atoms with E-state index < -0.39 is 0 Å². The van der Waals surface area contributed by atoms with Gasteiger partial charge in [-0.25, -0.2) is 0 Å². The molecule has 0 saturated carbocycles. The molecule has 5 rings (SSSR count). The molecule has 4 nitrogen and oxygen atoms in total. The summed E-state index contributed by atoms with van der Waals surface area (Å²) in [5.41, 5.74) is 6.61. The number of likely N-dealkylation sites (tertiary alicyclic amines) is 1. The molecule has 170 valence electrons. The Morgan fingerprint density at radius 3 is 2.58 bits per heavy atom. The second-order valence-electron chi connectivity index (χ2n) is 9.31. The fourth-order valence-corrected chi connectivity index (χ4v) is 5.38. The molecule has 0 unspecified atom stereocenters. The first-order chi connectivity index (χ1) is 16.1. The number of aryl methyl sites for hydroxylation is 1. The third-order valence-corrected chi connectivity index (χ3v) is 7.22. The van der Waals surface area contributed by atoms with Gasteiger partial charge in [0.05, 0.1) is 11.3 Å². The van der Waals surface area contributed by atoms with Crippen molar-refractivity contribution in [2.24, 2.45) is 0 Å². The Morgan fingerprint density at radius 2 is 1.79 bits per heavy atom. The van der Waals surface area contributed by atoms with Crippen molar-refractivity contribution in [3.8, 4) is 0 Å². The second-order valence-corrected chi connectivity index (χ2v) is 9.75. The van der Waals surface area contributed by atoms with Gasteiger partial charge in [-0.2, -0.15) is 0 Å². The summed E-state index contributed by atoms with van der Waals surface area (Å²) in [6, 6.07) is 20.5. The van der Waals surface area contributed by atoms with Crippen molar-refractivity contribution in [1.82, 2.24) is 14.8 Å². The van der Waals surface area contributed by atoms with Crippen LogP contribution in [0.5, 0.6) is 0 Å². The predicted octanol–water partition coefficient (Wildman–Crippen LogP) is 5.62. The number of rotatable bonds is 4. The number of benzene rings is 2. The number of hydrogen-bond donors (Lipinski definition) is 0. The van der Waals surface area contributed by atoms with Crippen LogP contribution in [0.1, 0.15) is 57.2 Å². The Labute approximate surface area is 201 Å². The van der Waals surface area contributed by atoms with Gasteiger partial charge in [-0.05, 0) is 80.2 Å². The number of pyridine rings is 1. The summed E-state index contributed by atoms with van der Waals surface area (Å²) in [6.45, 7) is 6.37. The van der Waals surface area contributed by atoms with Gasteiger partial charge in [0, 0.05) is 36.3 Å². The van der Waals surface area contributed by atoms with E-state index in [1.165, 1.54) is 16.7 Å². The van der Waals surface area contributed by atoms with E-state index in [4.69, 9.17) is 16.6 Å². The van der Waals surface area contributed by atoms with E-state index in [-0.39, 0.29) is 5.91 Å². The molecule has 2 aromatic carbocycles. The maximum absolute atomic E-state index is 13.6. The minimum Gasteiger partial charge on any atom is -0.334 e. The lowest BCUT2D eigenvalue weighted by Crippen LogP contribution is -2.37. The topological polar surface area (TPSA) is 36.4 Å². The summed E-state index contributed by atoms with van der Waals surface area (Å²) in [5.74, 6) is 0.435. The minimum atomic E-state index is 0.119. The summed E-state index contributed by atoms with van der Waals surface area (Å²) < 4.78 is 0. The zero-order valence-corrected chi connectivity index (χ0v) is 19.9. The summed E-state index contributed by atoms with van der Waals surface area (Å²) >= 11 is 6.16. The molecule has 0 aliphatic carbocycles. The average Bonchev–Trinajstić information content (AvgIpc) is 2.84. The Balaban J connectivity index is 1.30. The van der Waals surface area contributed by atoms with Crippen molar-refractivity contribution in [3.05, 3.63) is 99.3 Å². The molecular weight excluding hydrogens is 430 g/mol. The van der Waals surface area contributed by atoms with Crippen LogP contribution in [0.2, 0.25) is 5.02 Å². The monoisotopic (exact) mass is 459 g/mol. The minimum absolute atomic E-state index is 0.119. The third kappa shape index (κ3) is 4.97. The SMILES string of the molecule is Cc1ccc(C(=O)N2CCc3ccccc3C2)c(C2CCN(Cc3cccc(Cl)c3)CC2)n1. The Kier molecular flexibility index (Phi) is 6.48. The number of aromatic nitrogens is 1. The zero-order valence-electron chi connectivity index (χ0n) is 19.1. The molecule has 1 amide bonds. The van der Waals surface area contributed by atoms with Crippen molar-refractivity contribution >= 4 is 17.5 Å². The molecule has 1 saturated heterocycles. The molecule has 33 heavy (non-hydrogen) atoms. The van der Waals surface area contributed by atoms with Gasteiger partial charge in [0.15, 0.2) is 0 Å². The number of fused-ring (bicyclic) bond motifs is 1. The maximum Gasteiger partial charge on any atom is 0.256 e. The van der Waals surface area contributed by atoms with Crippen molar-refractivity contribution in [1.29, 1.82) is 0 Å². The molecule has 0 N–H and O–H groups in total. The van der Waals surface area contributed by atoms with Gasteiger partial charge in [-0.15, -0.1) is 0 Å². The van der Waals surface area contributed by atoms with Gasteiger partial charge in [0.1, 0.15) is 0 Å². The molecular formula is C28H30ClN3O. The van der Waals surface area contributed by atoms with Crippen molar-refractivity contribution in [3.63, 3.8) is 0 Å². The van der Waals surface area contributed by atoms with Gasteiger partial charge in [0.2, 0.25) is 0 Å². The van der Waals surface area contributed by atoms with Gasteiger partial charge in [0.25, 0.3) is 5.91 Å². The number of carbonyl (C=O) groups is 1. The van der Waals surface area contributed by atoms with E-state index in [9.17, 15) is 4.79 Å². The standard InChI is InChI=1S/C28H30ClN3O/c1-20-9-10-26(28(33)32-16-13-22-6-2-3-7-24(22)19-32)27(30-20)23-11-14-31(15-12-23)18-21-5-4-8-25(29)17-21/h2-10,17,23H,11-16,18-19H2,1H3. The summed E-state index contributed by atoms with van der Waals surface area (Å²) in [7, 11) is 0. The molecule has 3 heterocycles. The molecule has 0 bridgehead atoms. The van der Waals surface area contributed by atoms with E-state index >= 15 is 0 Å². The Hall–Kier alpha value is -2.69. The van der Waals surface area contributed by atoms with Gasteiger partial charge < -0.3 is 4.90 Å². The highest BCUT2D eigenvalue weighted by Gasteiger charge is 2.29. The normalized spacial score (nSPS) is 17.1. The van der Waals surface area contributed by atoms with Crippen LogP contribution in [0, 0.1) is 6.92 Å². The molecule has 0 radical (unpaired) electrons. The molecule has 3 aromatic rings. The molecule has 1 aromatic heterocycles. The summed E-state index contributed by atoms with van der Waals surface area (Å²) in [6.07, 6.45) is 2.94. The Morgan fingerprint density at radius 1 is 1.00 bits per heavy atom. The van der Waals surface area contributed by atoms with Crippen LogP contribution in [-0.2, 0) is 19.5 Å². The second kappa shape index (κ2) is 9.66. The first-order valence-electron chi connectivity index (χ1n) is 11.9. The number of halogens is 1. The number of hydrogen-bond acceptors (Lipinski definition) is 3. The summed E-state index contributed by atoms with van der Waals surface area (Å²) in [4.78, 5) is 22.9. The van der Waals surface area contributed by atoms with Crippen LogP contribution in [0.25, 0.3) is 0 Å². The lowest BCUT2D eigenvalue weighted by Gasteiger charge is -2.33. The molecule has 0 spiro atoms. The predicted molar refractivity (Wildman–Crippen MR) is 133 cm³/mol. The lowest BCUT2D eigenvalue weighted by molar-refractivity contribution is 0.0731. The fraction of sp³-hybridized carbons (Fsp3) is 0.357. The van der Waals surface area contributed by atoms with Crippen LogP contribution in [0.4, 0.5) is 0 Å². The largest absolute Gasteiger partial charge is 0.334 e. The highest BCUT2D eigenvalue weighted by molar-refractivity contribution is 6.30. The highest BCUT2D eigenvalue weighted by atomic mass is 35.5. The van der Waals surface area contributed by atoms with Crippen LogP contribution >= 0.6 is 11.6 Å². The maximum atomic E-state index is 13.6. The third-order valence-electron chi connectivity index (χ3n) is 6.98. The zero-order chi connectivity index (χ0) is 22.8. The first-order valence-corrected chi connectivity index (χ1v) is 12.2. The molecule has 2 aliphatic heterocycles. The van der Waals surface area contributed by atoms with Crippen LogP contribution < -0.4 is 0 Å². The molecule has 5 heteroatoms.